The minimum Gasteiger partial charge on any atom is -0.316 e. The van der Waals surface area contributed by atoms with E-state index in [4.69, 9.17) is 0 Å². The van der Waals surface area contributed by atoms with E-state index in [1.165, 1.54) is 0 Å². The Morgan fingerprint density at radius 2 is 2.11 bits per heavy atom. The quantitative estimate of drug-likeness (QED) is 0.824. The van der Waals surface area contributed by atoms with Gasteiger partial charge in [0.2, 0.25) is 0 Å². The van der Waals surface area contributed by atoms with Crippen LogP contribution in [0.15, 0.2) is 18.2 Å². The molecule has 0 saturated heterocycles. The molecule has 0 fully saturated rings. The van der Waals surface area contributed by atoms with Gasteiger partial charge in [-0.2, -0.15) is 0 Å². The predicted octanol–water partition coefficient (Wildman–Crippen LogP) is 2.70. The van der Waals surface area contributed by atoms with E-state index in [-0.39, 0.29) is 0 Å². The van der Waals surface area contributed by atoms with Crippen molar-refractivity contribution in [2.24, 2.45) is 5.92 Å². The van der Waals surface area contributed by atoms with Crippen molar-refractivity contribution in [2.75, 3.05) is 13.1 Å². The molecule has 1 N–H and O–H groups in total. The smallest absolute Gasteiger partial charge is 0.166 e. The lowest BCUT2D eigenvalue weighted by Gasteiger charge is -2.05. The van der Waals surface area contributed by atoms with Crippen LogP contribution in [0.2, 0.25) is 0 Å². The molecule has 0 aromatic carbocycles. The van der Waals surface area contributed by atoms with Crippen LogP contribution < -0.4 is 5.32 Å². The Morgan fingerprint density at radius 3 is 2.84 bits per heavy atom. The number of aromatic nitrogens is 3. The predicted molar refractivity (Wildman–Crippen MR) is 79.3 cm³/mol. The number of aryl methyl sites for hydroxylation is 1. The molecule has 0 unspecified atom stereocenters. The zero-order chi connectivity index (χ0) is 13.7. The van der Waals surface area contributed by atoms with Crippen molar-refractivity contribution >= 4 is 11.3 Å². The maximum atomic E-state index is 4.47. The number of rotatable bonds is 6. The molecule has 2 rings (SSSR count). The van der Waals surface area contributed by atoms with Gasteiger partial charge in [0.05, 0.1) is 0 Å². The Labute approximate surface area is 118 Å². The topological polar surface area (TPSA) is 50.7 Å². The number of nitrogens with one attached hydrogen (secondary N) is 1. The third-order valence-corrected chi connectivity index (χ3v) is 3.65. The molecule has 0 radical (unpaired) electrons. The minimum absolute atomic E-state index is 0.682. The molecule has 0 amide bonds. The maximum Gasteiger partial charge on any atom is 0.166 e. The lowest BCUT2D eigenvalue weighted by Crippen LogP contribution is -2.22. The van der Waals surface area contributed by atoms with E-state index in [1.54, 1.807) is 11.3 Å². The van der Waals surface area contributed by atoms with Gasteiger partial charge in [0.25, 0.3) is 0 Å². The number of nitrogens with zero attached hydrogens (tertiary/aromatic N) is 3. The first kappa shape index (κ1) is 14.1. The third kappa shape index (κ3) is 4.36. The zero-order valence-corrected chi connectivity index (χ0v) is 12.5. The van der Waals surface area contributed by atoms with Gasteiger partial charge in [0.1, 0.15) is 10.7 Å². The van der Waals surface area contributed by atoms with Crippen LogP contribution in [-0.4, -0.2) is 28.3 Å². The first-order valence-corrected chi connectivity index (χ1v) is 7.44. The van der Waals surface area contributed by atoms with E-state index < -0.39 is 0 Å². The van der Waals surface area contributed by atoms with Crippen LogP contribution in [-0.2, 0) is 6.42 Å². The van der Waals surface area contributed by atoms with Crippen molar-refractivity contribution in [3.63, 3.8) is 0 Å². The first-order chi connectivity index (χ1) is 9.15. The van der Waals surface area contributed by atoms with Crippen LogP contribution in [0.3, 0.4) is 0 Å². The summed E-state index contributed by atoms with van der Waals surface area (Å²) in [5.74, 6) is 0.682. The van der Waals surface area contributed by atoms with Crippen molar-refractivity contribution < 1.29 is 0 Å². The average Bonchev–Trinajstić information content (AvgIpc) is 2.83. The molecule has 0 spiro atoms. The lowest BCUT2D eigenvalue weighted by atomic mass is 10.2. The summed E-state index contributed by atoms with van der Waals surface area (Å²) in [6, 6.07) is 5.97. The van der Waals surface area contributed by atoms with Gasteiger partial charge in [-0.1, -0.05) is 31.3 Å². The largest absolute Gasteiger partial charge is 0.316 e. The Balaban J connectivity index is 1.92. The van der Waals surface area contributed by atoms with Gasteiger partial charge in [0.15, 0.2) is 5.01 Å². The summed E-state index contributed by atoms with van der Waals surface area (Å²) in [5.41, 5.74) is 1.92. The molecule has 0 aliphatic carbocycles. The SMILES string of the molecule is Cc1cccc(-c2nnc(CCNCC(C)C)s2)n1. The number of hydrogen-bond acceptors (Lipinski definition) is 5. The number of hydrogen-bond donors (Lipinski definition) is 1. The molecule has 102 valence electrons. The second-order valence-corrected chi connectivity index (χ2v) is 6.08. The molecule has 2 heterocycles. The van der Waals surface area contributed by atoms with Crippen molar-refractivity contribution in [1.29, 1.82) is 0 Å². The van der Waals surface area contributed by atoms with Crippen LogP contribution in [0.1, 0.15) is 24.5 Å². The van der Waals surface area contributed by atoms with Gasteiger partial charge >= 0.3 is 0 Å². The van der Waals surface area contributed by atoms with Gasteiger partial charge in [-0.05, 0) is 31.5 Å². The Morgan fingerprint density at radius 1 is 1.26 bits per heavy atom. The fraction of sp³-hybridized carbons (Fsp3) is 0.500. The summed E-state index contributed by atoms with van der Waals surface area (Å²) in [6.07, 6.45) is 0.927. The average molecular weight is 276 g/mol. The van der Waals surface area contributed by atoms with E-state index in [0.717, 1.165) is 40.9 Å². The molecule has 0 aliphatic heterocycles. The highest BCUT2D eigenvalue weighted by atomic mass is 32.1. The lowest BCUT2D eigenvalue weighted by molar-refractivity contribution is 0.553. The molecule has 0 saturated carbocycles. The van der Waals surface area contributed by atoms with Crippen molar-refractivity contribution in [2.45, 2.75) is 27.2 Å². The summed E-state index contributed by atoms with van der Waals surface area (Å²) < 4.78 is 0. The monoisotopic (exact) mass is 276 g/mol. The number of pyridine rings is 1. The summed E-state index contributed by atoms with van der Waals surface area (Å²) in [5, 5.41) is 13.8. The van der Waals surface area contributed by atoms with E-state index in [0.29, 0.717) is 5.92 Å². The van der Waals surface area contributed by atoms with Gasteiger partial charge in [-0.15, -0.1) is 10.2 Å². The molecule has 2 aromatic rings. The van der Waals surface area contributed by atoms with Crippen LogP contribution in [0.4, 0.5) is 0 Å². The van der Waals surface area contributed by atoms with E-state index in [9.17, 15) is 0 Å². The Hall–Kier alpha value is -1.33. The second kappa shape index (κ2) is 6.73. The molecule has 0 bridgehead atoms. The van der Waals surface area contributed by atoms with E-state index in [1.807, 2.05) is 25.1 Å². The fourth-order valence-corrected chi connectivity index (χ4v) is 2.52. The van der Waals surface area contributed by atoms with Crippen molar-refractivity contribution in [3.8, 4) is 10.7 Å². The first-order valence-electron chi connectivity index (χ1n) is 6.62. The van der Waals surface area contributed by atoms with Crippen LogP contribution in [0.5, 0.6) is 0 Å². The summed E-state index contributed by atoms with van der Waals surface area (Å²) in [4.78, 5) is 4.47. The van der Waals surface area contributed by atoms with Crippen LogP contribution in [0, 0.1) is 12.8 Å². The second-order valence-electron chi connectivity index (χ2n) is 5.01. The molecule has 2 aromatic heterocycles. The highest BCUT2D eigenvalue weighted by Crippen LogP contribution is 2.21. The maximum absolute atomic E-state index is 4.47. The van der Waals surface area contributed by atoms with E-state index in [2.05, 4.69) is 34.3 Å². The van der Waals surface area contributed by atoms with Gasteiger partial charge in [0, 0.05) is 18.7 Å². The molecule has 0 aliphatic rings. The zero-order valence-electron chi connectivity index (χ0n) is 11.7. The Bertz CT molecular complexity index is 522. The summed E-state index contributed by atoms with van der Waals surface area (Å²) >= 11 is 1.63. The normalized spacial score (nSPS) is 11.2. The standard InChI is InChI=1S/C14H20N4S/c1-10(2)9-15-8-7-13-17-18-14(19-13)12-6-4-5-11(3)16-12/h4-6,10,15H,7-9H2,1-3H3. The van der Waals surface area contributed by atoms with Gasteiger partial charge < -0.3 is 5.32 Å². The van der Waals surface area contributed by atoms with Crippen molar-refractivity contribution in [3.05, 3.63) is 28.9 Å². The van der Waals surface area contributed by atoms with Gasteiger partial charge in [-0.3, -0.25) is 4.98 Å². The fourth-order valence-electron chi connectivity index (χ4n) is 1.71. The summed E-state index contributed by atoms with van der Waals surface area (Å²) in [6.45, 7) is 8.40. The molecule has 0 atom stereocenters. The molecular weight excluding hydrogens is 256 g/mol. The highest BCUT2D eigenvalue weighted by molar-refractivity contribution is 7.14. The molecule has 5 heteroatoms. The van der Waals surface area contributed by atoms with E-state index >= 15 is 0 Å². The highest BCUT2D eigenvalue weighted by Gasteiger charge is 2.07. The molecular formula is C14H20N4S. The minimum atomic E-state index is 0.682. The van der Waals surface area contributed by atoms with Crippen LogP contribution in [0.25, 0.3) is 10.7 Å². The van der Waals surface area contributed by atoms with Gasteiger partial charge in [-0.25, -0.2) is 0 Å². The molecule has 4 nitrogen and oxygen atoms in total. The van der Waals surface area contributed by atoms with Crippen molar-refractivity contribution in [1.82, 2.24) is 20.5 Å². The molecule has 19 heavy (non-hydrogen) atoms. The van der Waals surface area contributed by atoms with Crippen LogP contribution >= 0.6 is 11.3 Å². The summed E-state index contributed by atoms with van der Waals surface area (Å²) in [7, 11) is 0. The third-order valence-electron chi connectivity index (χ3n) is 2.64. The Kier molecular flexibility index (Phi) is 4.99.